The normalized spacial score (nSPS) is 41.9. The third kappa shape index (κ3) is 14.1. The molecule has 374 valence electrons. The second-order valence-corrected chi connectivity index (χ2v) is 20.2. The first-order valence-corrected chi connectivity index (χ1v) is 23.7. The van der Waals surface area contributed by atoms with Gasteiger partial charge in [-0.05, 0) is 119 Å². The Morgan fingerprint density at radius 2 is 1.71 bits per heavy atom. The third-order valence-electron chi connectivity index (χ3n) is 14.2. The second kappa shape index (κ2) is 23.8. The SMILES string of the molecule is CC[C@@H]1OC(=O)[C@H](C)[C@@H](O[C@H]2C[C@@](C)(OC)[C@@H](O)[C@H](C)O2)[C@H](C)[C@@H](O[C@@H]2O[C@H](C)C[C@H](N(C)C)[C@H]2O)[C@@](C)(O)C[C@@H](C)CN(C)[C@@H](C)[C@@H](OC(=O)CCNCCc2cccnc2)[C@]1(C)O. The van der Waals surface area contributed by atoms with E-state index in [1.54, 1.807) is 47.0 Å². The average Bonchev–Trinajstić information content (AvgIpc) is 3.24. The van der Waals surface area contributed by atoms with Crippen LogP contribution in [0.15, 0.2) is 24.5 Å². The Bertz CT molecular complexity index is 1620. The van der Waals surface area contributed by atoms with Gasteiger partial charge in [0.05, 0.1) is 48.0 Å². The molecule has 18 atom stereocenters. The predicted molar refractivity (Wildman–Crippen MR) is 243 cm³/mol. The first-order valence-electron chi connectivity index (χ1n) is 23.7. The number of hydrogen-bond donors (Lipinski definition) is 5. The fraction of sp³-hybridized carbons (Fsp3) is 0.854. The summed E-state index contributed by atoms with van der Waals surface area (Å²) in [6.45, 7) is 19.1. The van der Waals surface area contributed by atoms with Gasteiger partial charge in [-0.25, -0.2) is 0 Å². The molecule has 3 aliphatic rings. The van der Waals surface area contributed by atoms with E-state index in [9.17, 15) is 30.0 Å². The number of nitrogens with one attached hydrogen (secondary N) is 1. The Morgan fingerprint density at radius 3 is 2.32 bits per heavy atom. The van der Waals surface area contributed by atoms with Gasteiger partial charge in [-0.15, -0.1) is 0 Å². The molecule has 5 N–H and O–H groups in total. The first-order chi connectivity index (χ1) is 30.4. The summed E-state index contributed by atoms with van der Waals surface area (Å²) in [5.74, 6) is -3.31. The maximum Gasteiger partial charge on any atom is 0.311 e. The van der Waals surface area contributed by atoms with Crippen molar-refractivity contribution in [2.75, 3.05) is 47.9 Å². The number of pyridine rings is 1. The number of esters is 2. The maximum absolute atomic E-state index is 14.7. The summed E-state index contributed by atoms with van der Waals surface area (Å²) in [6, 6.07) is 2.99. The van der Waals surface area contributed by atoms with Crippen molar-refractivity contribution < 1.29 is 63.2 Å². The van der Waals surface area contributed by atoms with Crippen LogP contribution in [0.3, 0.4) is 0 Å². The number of aromatic nitrogens is 1. The highest BCUT2D eigenvalue weighted by atomic mass is 16.7. The summed E-state index contributed by atoms with van der Waals surface area (Å²) in [6.07, 6.45) is -4.26. The van der Waals surface area contributed by atoms with Crippen LogP contribution in [0.2, 0.25) is 0 Å². The Kier molecular flexibility index (Phi) is 20.2. The van der Waals surface area contributed by atoms with Crippen molar-refractivity contribution in [2.24, 2.45) is 17.8 Å². The van der Waals surface area contributed by atoms with Crippen molar-refractivity contribution in [1.82, 2.24) is 20.1 Å². The lowest BCUT2D eigenvalue weighted by molar-refractivity contribution is -0.318. The van der Waals surface area contributed by atoms with E-state index in [1.165, 1.54) is 14.0 Å². The number of carbonyl (C=O) groups excluding carboxylic acids is 2. The molecule has 0 aliphatic carbocycles. The molecule has 4 heterocycles. The molecule has 0 saturated carbocycles. The number of hydrogen-bond acceptors (Lipinski definition) is 17. The average molecular weight is 925 g/mol. The molecule has 1 aromatic heterocycles. The Balaban J connectivity index is 1.73. The summed E-state index contributed by atoms with van der Waals surface area (Å²) in [4.78, 5) is 36.3. The molecule has 0 aromatic carbocycles. The quantitative estimate of drug-likeness (QED) is 0.134. The lowest BCUT2D eigenvalue weighted by atomic mass is 9.77. The molecular weight excluding hydrogens is 841 g/mol. The van der Waals surface area contributed by atoms with E-state index < -0.39 is 102 Å². The Hall–Kier alpha value is -2.39. The van der Waals surface area contributed by atoms with Crippen molar-refractivity contribution in [3.8, 4) is 0 Å². The maximum atomic E-state index is 14.7. The number of ether oxygens (including phenoxy) is 7. The minimum absolute atomic E-state index is 0.0374. The standard InChI is InChI=1S/C48H84N4O13/c1-15-36-48(10,58)43(63-37(53)19-22-49-21-18-34-17-16-20-50-26-34)32(6)52(13)27-28(2)24-46(8,57)42(65-45-39(54)35(51(11)12)23-29(3)60-45)30(4)40(31(5)44(56)62-36)64-38-25-47(9,59-14)41(55)33(7)61-38/h16-17,20,26,28-33,35-36,38-43,45,49,54-55,57-58H,15,18-19,21-25,27H2,1-14H3/t28-,29-,30+,31-,32+,33+,35+,36+,38+,39-,40+,41+,42-,43-,45+,46+,47-,48-/m1/s1. The minimum atomic E-state index is -1.86. The Morgan fingerprint density at radius 1 is 1.02 bits per heavy atom. The van der Waals surface area contributed by atoms with E-state index in [-0.39, 0.29) is 43.7 Å². The van der Waals surface area contributed by atoms with Gasteiger partial charge in [0.15, 0.2) is 12.6 Å². The van der Waals surface area contributed by atoms with Crippen LogP contribution in [0.25, 0.3) is 0 Å². The van der Waals surface area contributed by atoms with Crippen molar-refractivity contribution in [3.05, 3.63) is 30.1 Å². The number of likely N-dealkylation sites (N-methyl/N-ethyl adjacent to an activating group) is 2. The number of carbonyl (C=O) groups is 2. The second-order valence-electron chi connectivity index (χ2n) is 20.2. The lowest BCUT2D eigenvalue weighted by Crippen LogP contribution is -2.61. The fourth-order valence-corrected chi connectivity index (χ4v) is 10.2. The zero-order chi connectivity index (χ0) is 48.6. The van der Waals surface area contributed by atoms with Gasteiger partial charge in [0, 0.05) is 57.0 Å². The van der Waals surface area contributed by atoms with Crippen LogP contribution in [-0.2, 0) is 49.2 Å². The van der Waals surface area contributed by atoms with Gasteiger partial charge in [0.1, 0.15) is 30.0 Å². The number of aliphatic hydroxyl groups excluding tert-OH is 2. The zero-order valence-corrected chi connectivity index (χ0v) is 41.6. The molecule has 65 heavy (non-hydrogen) atoms. The summed E-state index contributed by atoms with van der Waals surface area (Å²) in [5.41, 5.74) is -3.46. The molecule has 17 nitrogen and oxygen atoms in total. The van der Waals surface area contributed by atoms with Crippen LogP contribution in [0.5, 0.6) is 0 Å². The highest BCUT2D eigenvalue weighted by Gasteiger charge is 2.53. The highest BCUT2D eigenvalue weighted by Crippen LogP contribution is 2.40. The topological polar surface area (TPSA) is 211 Å². The van der Waals surface area contributed by atoms with E-state index in [0.717, 1.165) is 12.0 Å². The predicted octanol–water partition coefficient (Wildman–Crippen LogP) is 3.07. The number of methoxy groups -OCH3 is 1. The van der Waals surface area contributed by atoms with E-state index >= 15 is 0 Å². The molecule has 17 heteroatoms. The molecule has 0 bridgehead atoms. The minimum Gasteiger partial charge on any atom is -0.459 e. The number of rotatable bonds is 14. The zero-order valence-electron chi connectivity index (χ0n) is 41.6. The van der Waals surface area contributed by atoms with Crippen LogP contribution < -0.4 is 5.32 Å². The fourth-order valence-electron chi connectivity index (χ4n) is 10.2. The summed E-state index contributed by atoms with van der Waals surface area (Å²) >= 11 is 0. The number of nitrogens with zero attached hydrogens (tertiary/aromatic N) is 3. The van der Waals surface area contributed by atoms with E-state index in [2.05, 4.69) is 10.3 Å². The van der Waals surface area contributed by atoms with Gasteiger partial charge in [-0.1, -0.05) is 26.8 Å². The Labute approximate surface area is 388 Å². The van der Waals surface area contributed by atoms with Gasteiger partial charge < -0.3 is 63.8 Å². The number of cyclic esters (lactones) is 1. The molecule has 0 unspecified atom stereocenters. The first kappa shape index (κ1) is 55.2. The van der Waals surface area contributed by atoms with E-state index in [0.29, 0.717) is 26.1 Å². The molecule has 0 radical (unpaired) electrons. The van der Waals surface area contributed by atoms with E-state index in [4.69, 9.17) is 33.2 Å². The van der Waals surface area contributed by atoms with Crippen LogP contribution in [0.1, 0.15) is 107 Å². The molecular formula is C48H84N4O13. The van der Waals surface area contributed by atoms with Gasteiger partial charge in [0.25, 0.3) is 0 Å². The monoisotopic (exact) mass is 925 g/mol. The largest absolute Gasteiger partial charge is 0.459 e. The number of aliphatic hydroxyl groups is 4. The van der Waals surface area contributed by atoms with Crippen LogP contribution >= 0.6 is 0 Å². The molecule has 4 rings (SSSR count). The van der Waals surface area contributed by atoms with Gasteiger partial charge in [-0.2, -0.15) is 0 Å². The van der Waals surface area contributed by atoms with Crippen molar-refractivity contribution in [1.29, 1.82) is 0 Å². The molecule has 3 saturated heterocycles. The van der Waals surface area contributed by atoms with Gasteiger partial charge in [-0.3, -0.25) is 19.5 Å². The smallest absolute Gasteiger partial charge is 0.311 e. The van der Waals surface area contributed by atoms with Gasteiger partial charge >= 0.3 is 11.9 Å². The lowest BCUT2D eigenvalue weighted by Gasteiger charge is -2.48. The third-order valence-corrected chi connectivity index (χ3v) is 14.2. The summed E-state index contributed by atoms with van der Waals surface area (Å²) in [5, 5.41) is 51.3. The van der Waals surface area contributed by atoms with E-state index in [1.807, 2.05) is 70.8 Å². The van der Waals surface area contributed by atoms with Crippen molar-refractivity contribution in [3.63, 3.8) is 0 Å². The summed E-state index contributed by atoms with van der Waals surface area (Å²) in [7, 11) is 7.14. The molecule has 1 aromatic rings. The van der Waals surface area contributed by atoms with Crippen molar-refractivity contribution >= 4 is 11.9 Å². The molecule has 0 spiro atoms. The summed E-state index contributed by atoms with van der Waals surface area (Å²) < 4.78 is 44.4. The van der Waals surface area contributed by atoms with Crippen LogP contribution in [0.4, 0.5) is 0 Å². The highest BCUT2D eigenvalue weighted by molar-refractivity contribution is 5.73. The van der Waals surface area contributed by atoms with Crippen LogP contribution in [0, 0.1) is 17.8 Å². The molecule has 0 amide bonds. The molecule has 3 fully saturated rings. The van der Waals surface area contributed by atoms with Crippen LogP contribution in [-0.4, -0.2) is 185 Å². The molecule has 3 aliphatic heterocycles. The van der Waals surface area contributed by atoms with Crippen molar-refractivity contribution in [2.45, 2.75) is 198 Å². The van der Waals surface area contributed by atoms with Gasteiger partial charge in [0.2, 0.25) is 0 Å².